The molecule has 0 saturated carbocycles. The highest BCUT2D eigenvalue weighted by Gasteiger charge is 2.34. The molecule has 1 aliphatic carbocycles. The standard InChI is InChI=1S/C23H34N4O2/c1-24-22(28)15-25-23(29)19-7-4-10-27(16-19)20-8-11-26(12-9-20)21-13-17-5-2-3-6-18(17)14-21/h2-3,5-6,19-21H,4,7-16H2,1H3,(H,24,28)(H,25,29). The first kappa shape index (κ1) is 20.4. The van der Waals surface area contributed by atoms with Crippen molar-refractivity contribution in [1.29, 1.82) is 0 Å². The number of nitrogens with one attached hydrogen (secondary N) is 2. The van der Waals surface area contributed by atoms with Gasteiger partial charge in [0.25, 0.3) is 0 Å². The van der Waals surface area contributed by atoms with Crippen LogP contribution in [0.3, 0.4) is 0 Å². The molecule has 6 nitrogen and oxygen atoms in total. The van der Waals surface area contributed by atoms with E-state index in [9.17, 15) is 9.59 Å². The number of hydrogen-bond donors (Lipinski definition) is 2. The molecule has 2 N–H and O–H groups in total. The Bertz CT molecular complexity index is 704. The van der Waals surface area contributed by atoms with Crippen LogP contribution in [0.4, 0.5) is 0 Å². The Morgan fingerprint density at radius 1 is 0.966 bits per heavy atom. The van der Waals surface area contributed by atoms with Gasteiger partial charge in [-0.2, -0.15) is 0 Å². The lowest BCUT2D eigenvalue weighted by Crippen LogP contribution is -2.52. The van der Waals surface area contributed by atoms with Crippen molar-refractivity contribution < 1.29 is 9.59 Å². The summed E-state index contributed by atoms with van der Waals surface area (Å²) >= 11 is 0. The molecule has 2 aliphatic heterocycles. The third kappa shape index (κ3) is 4.81. The van der Waals surface area contributed by atoms with Crippen molar-refractivity contribution in [3.8, 4) is 0 Å². The van der Waals surface area contributed by atoms with E-state index in [0.717, 1.165) is 39.0 Å². The van der Waals surface area contributed by atoms with Crippen molar-refractivity contribution in [3.63, 3.8) is 0 Å². The van der Waals surface area contributed by atoms with Gasteiger partial charge in [0.05, 0.1) is 12.5 Å². The van der Waals surface area contributed by atoms with Crippen LogP contribution in [0.1, 0.15) is 36.8 Å². The van der Waals surface area contributed by atoms with E-state index in [1.807, 2.05) is 0 Å². The molecule has 1 aromatic rings. The minimum atomic E-state index is -0.146. The molecule has 158 valence electrons. The van der Waals surface area contributed by atoms with Gasteiger partial charge in [0.15, 0.2) is 0 Å². The van der Waals surface area contributed by atoms with Gasteiger partial charge in [-0.25, -0.2) is 0 Å². The molecule has 0 radical (unpaired) electrons. The fraction of sp³-hybridized carbons (Fsp3) is 0.652. The van der Waals surface area contributed by atoms with E-state index in [4.69, 9.17) is 0 Å². The Labute approximate surface area is 174 Å². The van der Waals surface area contributed by atoms with E-state index in [1.54, 1.807) is 7.05 Å². The number of hydrogen-bond acceptors (Lipinski definition) is 4. The molecule has 29 heavy (non-hydrogen) atoms. The number of fused-ring (bicyclic) bond motifs is 1. The van der Waals surface area contributed by atoms with Crippen LogP contribution in [0.15, 0.2) is 24.3 Å². The molecular formula is C23H34N4O2. The molecule has 3 aliphatic rings. The summed E-state index contributed by atoms with van der Waals surface area (Å²) in [7, 11) is 1.59. The van der Waals surface area contributed by atoms with Crippen molar-refractivity contribution >= 4 is 11.8 Å². The monoisotopic (exact) mass is 398 g/mol. The molecule has 2 fully saturated rings. The summed E-state index contributed by atoms with van der Waals surface area (Å²) in [5.74, 6) is -0.109. The Hall–Kier alpha value is -1.92. The molecule has 1 aromatic carbocycles. The van der Waals surface area contributed by atoms with Gasteiger partial charge in [-0.3, -0.25) is 19.4 Å². The van der Waals surface area contributed by atoms with Crippen LogP contribution >= 0.6 is 0 Å². The molecule has 2 amide bonds. The van der Waals surface area contributed by atoms with Crippen LogP contribution in [0, 0.1) is 5.92 Å². The van der Waals surface area contributed by atoms with Gasteiger partial charge in [-0.15, -0.1) is 0 Å². The topological polar surface area (TPSA) is 64.7 Å². The summed E-state index contributed by atoms with van der Waals surface area (Å²) in [5, 5.41) is 5.34. The molecule has 0 bridgehead atoms. The third-order valence-corrected chi connectivity index (χ3v) is 7.09. The number of benzene rings is 1. The van der Waals surface area contributed by atoms with Crippen LogP contribution in [0.2, 0.25) is 0 Å². The third-order valence-electron chi connectivity index (χ3n) is 7.09. The number of carbonyl (C=O) groups is 2. The fourth-order valence-electron chi connectivity index (χ4n) is 5.36. The number of carbonyl (C=O) groups excluding carboxylic acids is 2. The predicted molar refractivity (Wildman–Crippen MR) is 114 cm³/mol. The zero-order valence-electron chi connectivity index (χ0n) is 17.5. The first-order valence-electron chi connectivity index (χ1n) is 11.2. The zero-order valence-corrected chi connectivity index (χ0v) is 17.5. The van der Waals surface area contributed by atoms with E-state index < -0.39 is 0 Å². The van der Waals surface area contributed by atoms with E-state index >= 15 is 0 Å². The number of likely N-dealkylation sites (N-methyl/N-ethyl adjacent to an activating group) is 1. The Morgan fingerprint density at radius 2 is 1.66 bits per heavy atom. The maximum absolute atomic E-state index is 12.5. The Balaban J connectivity index is 1.24. The summed E-state index contributed by atoms with van der Waals surface area (Å²) in [6.45, 7) is 4.33. The smallest absolute Gasteiger partial charge is 0.239 e. The van der Waals surface area contributed by atoms with Gasteiger partial charge in [0, 0.05) is 25.7 Å². The highest BCUT2D eigenvalue weighted by molar-refractivity contribution is 5.85. The number of likely N-dealkylation sites (tertiary alicyclic amines) is 2. The maximum atomic E-state index is 12.5. The van der Waals surface area contributed by atoms with Crippen LogP contribution in [-0.2, 0) is 22.4 Å². The Morgan fingerprint density at radius 3 is 2.31 bits per heavy atom. The minimum Gasteiger partial charge on any atom is -0.358 e. The highest BCUT2D eigenvalue weighted by atomic mass is 16.2. The second-order valence-corrected chi connectivity index (χ2v) is 8.82. The Kier molecular flexibility index (Phi) is 6.50. The van der Waals surface area contributed by atoms with Crippen LogP contribution in [0.25, 0.3) is 0 Å². The molecular weight excluding hydrogens is 364 g/mol. The molecule has 1 atom stereocenters. The average molecular weight is 399 g/mol. The molecule has 1 unspecified atom stereocenters. The van der Waals surface area contributed by atoms with Crippen LogP contribution < -0.4 is 10.6 Å². The van der Waals surface area contributed by atoms with Crippen LogP contribution in [0.5, 0.6) is 0 Å². The SMILES string of the molecule is CNC(=O)CNC(=O)C1CCCN(C2CCN(C3Cc4ccccc4C3)CC2)C1. The van der Waals surface area contributed by atoms with Crippen molar-refractivity contribution in [2.45, 2.75) is 50.6 Å². The summed E-state index contributed by atoms with van der Waals surface area (Å²) < 4.78 is 0. The average Bonchev–Trinajstić information content (AvgIpc) is 3.21. The van der Waals surface area contributed by atoms with Gasteiger partial charge in [-0.05, 0) is 69.3 Å². The second-order valence-electron chi connectivity index (χ2n) is 8.82. The van der Waals surface area contributed by atoms with E-state index in [0.29, 0.717) is 12.1 Å². The normalized spacial score (nSPS) is 24.2. The van der Waals surface area contributed by atoms with E-state index in [-0.39, 0.29) is 24.3 Å². The number of amides is 2. The van der Waals surface area contributed by atoms with Gasteiger partial charge < -0.3 is 10.6 Å². The van der Waals surface area contributed by atoms with Gasteiger partial charge >= 0.3 is 0 Å². The predicted octanol–water partition coefficient (Wildman–Crippen LogP) is 1.19. The van der Waals surface area contributed by atoms with Crippen LogP contribution in [-0.4, -0.2) is 73.5 Å². The van der Waals surface area contributed by atoms with Gasteiger partial charge in [0.1, 0.15) is 0 Å². The minimum absolute atomic E-state index is 0.00997. The molecule has 2 saturated heterocycles. The first-order valence-corrected chi connectivity index (χ1v) is 11.2. The summed E-state index contributed by atoms with van der Waals surface area (Å²) in [6.07, 6.45) is 6.76. The number of rotatable bonds is 5. The number of nitrogens with zero attached hydrogens (tertiary/aromatic N) is 2. The molecule has 6 heteroatoms. The molecule has 4 rings (SSSR count). The largest absolute Gasteiger partial charge is 0.358 e. The lowest BCUT2D eigenvalue weighted by molar-refractivity contribution is -0.130. The lowest BCUT2D eigenvalue weighted by atomic mass is 9.92. The lowest BCUT2D eigenvalue weighted by Gasteiger charge is -2.43. The summed E-state index contributed by atoms with van der Waals surface area (Å²) in [4.78, 5) is 29.1. The summed E-state index contributed by atoms with van der Waals surface area (Å²) in [5.41, 5.74) is 3.06. The zero-order chi connectivity index (χ0) is 20.2. The molecule has 2 heterocycles. The first-order chi connectivity index (χ1) is 14.1. The molecule has 0 aromatic heterocycles. The van der Waals surface area contributed by atoms with E-state index in [2.05, 4.69) is 44.7 Å². The molecule has 0 spiro atoms. The maximum Gasteiger partial charge on any atom is 0.239 e. The van der Waals surface area contributed by atoms with Crippen molar-refractivity contribution in [2.75, 3.05) is 39.8 Å². The van der Waals surface area contributed by atoms with Crippen molar-refractivity contribution in [2.24, 2.45) is 5.92 Å². The highest BCUT2D eigenvalue weighted by Crippen LogP contribution is 2.29. The fourth-order valence-corrected chi connectivity index (χ4v) is 5.36. The van der Waals surface area contributed by atoms with Crippen molar-refractivity contribution in [1.82, 2.24) is 20.4 Å². The van der Waals surface area contributed by atoms with Crippen molar-refractivity contribution in [3.05, 3.63) is 35.4 Å². The van der Waals surface area contributed by atoms with Gasteiger partial charge in [-0.1, -0.05) is 24.3 Å². The van der Waals surface area contributed by atoms with E-state index in [1.165, 1.54) is 36.8 Å². The number of piperidine rings is 2. The summed E-state index contributed by atoms with van der Waals surface area (Å²) in [6, 6.07) is 10.1. The quantitative estimate of drug-likeness (QED) is 0.782. The second kappa shape index (κ2) is 9.26. The van der Waals surface area contributed by atoms with Gasteiger partial charge in [0.2, 0.25) is 11.8 Å².